The Labute approximate surface area is 173 Å². The molecule has 3 aromatic heterocycles. The van der Waals surface area contributed by atoms with Crippen molar-refractivity contribution in [2.24, 2.45) is 0 Å². The van der Waals surface area contributed by atoms with Gasteiger partial charge in [-0.05, 0) is 49.2 Å². The van der Waals surface area contributed by atoms with E-state index in [0.29, 0.717) is 23.5 Å². The van der Waals surface area contributed by atoms with Gasteiger partial charge in [0.1, 0.15) is 23.0 Å². The number of hydrogen-bond acceptors (Lipinski definition) is 5. The summed E-state index contributed by atoms with van der Waals surface area (Å²) in [5.41, 5.74) is 2.78. The first-order valence-electron chi connectivity index (χ1n) is 10.3. The van der Waals surface area contributed by atoms with E-state index in [9.17, 15) is 4.39 Å². The van der Waals surface area contributed by atoms with Gasteiger partial charge in [-0.15, -0.1) is 0 Å². The fourth-order valence-corrected chi connectivity index (χ4v) is 4.66. The number of anilines is 1. The van der Waals surface area contributed by atoms with E-state index in [4.69, 9.17) is 9.97 Å². The van der Waals surface area contributed by atoms with Gasteiger partial charge in [0.25, 0.3) is 0 Å². The van der Waals surface area contributed by atoms with E-state index in [1.165, 1.54) is 18.9 Å². The Kier molecular flexibility index (Phi) is 4.02. The lowest BCUT2D eigenvalue weighted by atomic mass is 9.93. The van der Waals surface area contributed by atoms with Gasteiger partial charge in [-0.25, -0.2) is 14.4 Å². The number of piperidine rings is 2. The van der Waals surface area contributed by atoms with Crippen LogP contribution in [0, 0.1) is 5.82 Å². The van der Waals surface area contributed by atoms with Gasteiger partial charge in [-0.3, -0.25) is 9.55 Å². The molecular formula is C23H21FN6. The van der Waals surface area contributed by atoms with Gasteiger partial charge in [0.15, 0.2) is 5.65 Å². The molecule has 2 atom stereocenters. The van der Waals surface area contributed by atoms with Crippen molar-refractivity contribution in [1.82, 2.24) is 24.8 Å². The molecule has 1 N–H and O–H groups in total. The summed E-state index contributed by atoms with van der Waals surface area (Å²) in [7, 11) is 0. The van der Waals surface area contributed by atoms with E-state index in [0.717, 1.165) is 35.8 Å². The van der Waals surface area contributed by atoms with Gasteiger partial charge in [-0.1, -0.05) is 12.1 Å². The van der Waals surface area contributed by atoms with E-state index >= 15 is 0 Å². The van der Waals surface area contributed by atoms with Crippen LogP contribution < -0.4 is 10.2 Å². The summed E-state index contributed by atoms with van der Waals surface area (Å²) in [5, 5.41) is 3.59. The van der Waals surface area contributed by atoms with Gasteiger partial charge in [0, 0.05) is 37.6 Å². The highest BCUT2D eigenvalue weighted by Gasteiger charge is 2.34. The Morgan fingerprint density at radius 2 is 1.83 bits per heavy atom. The molecular weight excluding hydrogens is 379 g/mol. The number of halogens is 1. The number of nitrogens with one attached hydrogen (secondary N) is 1. The first-order valence-corrected chi connectivity index (χ1v) is 10.3. The van der Waals surface area contributed by atoms with Crippen molar-refractivity contribution in [3.05, 3.63) is 66.7 Å². The standard InChI is InChI=1S/C23H21FN6/c24-19-4-2-1-3-18(19)22-27-20-7-8-21(29-14-15-5-6-17(29)13-26-15)28-23(20)30(22)16-9-11-25-12-10-16/h1-4,7-12,15,17,26H,5-6,13-14H2/t15-,17-/m0/s1. The van der Waals surface area contributed by atoms with Crippen LogP contribution in [-0.2, 0) is 0 Å². The number of pyridine rings is 2. The Bertz CT molecular complexity index is 1210. The zero-order valence-electron chi connectivity index (χ0n) is 16.4. The van der Waals surface area contributed by atoms with E-state index in [-0.39, 0.29) is 5.82 Å². The fourth-order valence-electron chi connectivity index (χ4n) is 4.66. The molecule has 3 aliphatic heterocycles. The Hall–Kier alpha value is -3.32. The van der Waals surface area contributed by atoms with Crippen molar-refractivity contribution in [2.45, 2.75) is 24.9 Å². The average molecular weight is 400 g/mol. The molecule has 3 fully saturated rings. The average Bonchev–Trinajstić information content (AvgIpc) is 3.19. The van der Waals surface area contributed by atoms with Crippen molar-refractivity contribution in [3.63, 3.8) is 0 Å². The molecule has 150 valence electrons. The third kappa shape index (κ3) is 2.77. The number of benzene rings is 1. The van der Waals surface area contributed by atoms with Gasteiger partial charge in [0.2, 0.25) is 0 Å². The zero-order valence-corrected chi connectivity index (χ0v) is 16.4. The molecule has 3 saturated heterocycles. The summed E-state index contributed by atoms with van der Waals surface area (Å²) in [5.74, 6) is 1.19. The number of piperazine rings is 1. The maximum Gasteiger partial charge on any atom is 0.167 e. The highest BCUT2D eigenvalue weighted by Crippen LogP contribution is 2.32. The van der Waals surface area contributed by atoms with Crippen molar-refractivity contribution in [2.75, 3.05) is 18.0 Å². The van der Waals surface area contributed by atoms with Crippen LogP contribution in [0.5, 0.6) is 0 Å². The second-order valence-electron chi connectivity index (χ2n) is 7.96. The molecule has 1 aromatic carbocycles. The van der Waals surface area contributed by atoms with E-state index in [1.54, 1.807) is 24.5 Å². The summed E-state index contributed by atoms with van der Waals surface area (Å²) < 4.78 is 16.6. The van der Waals surface area contributed by atoms with Crippen LogP contribution in [0.3, 0.4) is 0 Å². The van der Waals surface area contributed by atoms with E-state index in [1.807, 2.05) is 34.9 Å². The molecule has 0 aliphatic carbocycles. The Morgan fingerprint density at radius 1 is 0.967 bits per heavy atom. The first kappa shape index (κ1) is 17.5. The zero-order chi connectivity index (χ0) is 20.1. The number of aromatic nitrogens is 4. The van der Waals surface area contributed by atoms with Crippen LogP contribution in [0.2, 0.25) is 0 Å². The normalized spacial score (nSPS) is 20.8. The molecule has 30 heavy (non-hydrogen) atoms. The van der Waals surface area contributed by atoms with Gasteiger partial charge >= 0.3 is 0 Å². The lowest BCUT2D eigenvalue weighted by Gasteiger charge is -2.46. The molecule has 7 rings (SSSR count). The minimum atomic E-state index is -0.303. The predicted octanol–water partition coefficient (Wildman–Crippen LogP) is 3.56. The highest BCUT2D eigenvalue weighted by atomic mass is 19.1. The second kappa shape index (κ2) is 6.88. The van der Waals surface area contributed by atoms with Crippen molar-refractivity contribution in [3.8, 4) is 17.1 Å². The van der Waals surface area contributed by atoms with Crippen LogP contribution in [0.1, 0.15) is 12.8 Å². The lowest BCUT2D eigenvalue weighted by Crippen LogP contribution is -2.61. The summed E-state index contributed by atoms with van der Waals surface area (Å²) in [6.07, 6.45) is 5.86. The quantitative estimate of drug-likeness (QED) is 0.570. The first-order chi connectivity index (χ1) is 14.8. The minimum absolute atomic E-state index is 0.303. The fraction of sp³-hybridized carbons (Fsp3) is 0.261. The number of nitrogens with zero attached hydrogens (tertiary/aromatic N) is 5. The smallest absolute Gasteiger partial charge is 0.167 e. The highest BCUT2D eigenvalue weighted by molar-refractivity contribution is 5.81. The largest absolute Gasteiger partial charge is 0.351 e. The second-order valence-corrected chi connectivity index (χ2v) is 7.96. The van der Waals surface area contributed by atoms with Crippen LogP contribution >= 0.6 is 0 Å². The molecule has 0 unspecified atom stereocenters. The number of imidazole rings is 1. The van der Waals surface area contributed by atoms with Gasteiger partial charge < -0.3 is 10.2 Å². The van der Waals surface area contributed by atoms with Crippen molar-refractivity contribution < 1.29 is 4.39 Å². The van der Waals surface area contributed by atoms with Gasteiger partial charge in [0.05, 0.1) is 11.3 Å². The number of fused-ring (bicyclic) bond motifs is 4. The number of hydrogen-bond donors (Lipinski definition) is 1. The molecule has 0 radical (unpaired) electrons. The van der Waals surface area contributed by atoms with Gasteiger partial charge in [-0.2, -0.15) is 0 Å². The van der Waals surface area contributed by atoms with E-state index in [2.05, 4.69) is 15.2 Å². The molecule has 0 spiro atoms. The molecule has 6 nitrogen and oxygen atoms in total. The molecule has 2 bridgehead atoms. The molecule has 4 aromatic rings. The third-order valence-corrected chi connectivity index (χ3v) is 6.17. The summed E-state index contributed by atoms with van der Waals surface area (Å²) in [6, 6.07) is 15.5. The van der Waals surface area contributed by atoms with E-state index < -0.39 is 0 Å². The lowest BCUT2D eigenvalue weighted by molar-refractivity contribution is 0.289. The Morgan fingerprint density at radius 3 is 2.57 bits per heavy atom. The van der Waals surface area contributed by atoms with Crippen LogP contribution in [-0.4, -0.2) is 44.7 Å². The third-order valence-electron chi connectivity index (χ3n) is 6.17. The maximum atomic E-state index is 14.7. The molecule has 3 aliphatic rings. The maximum absolute atomic E-state index is 14.7. The molecule has 6 heterocycles. The minimum Gasteiger partial charge on any atom is -0.351 e. The predicted molar refractivity (Wildman–Crippen MR) is 114 cm³/mol. The van der Waals surface area contributed by atoms with Crippen LogP contribution in [0.25, 0.3) is 28.2 Å². The summed E-state index contributed by atoms with van der Waals surface area (Å²) in [6.45, 7) is 1.96. The molecule has 0 amide bonds. The molecule has 0 saturated carbocycles. The SMILES string of the molecule is Fc1ccccc1-c1nc2ccc(N3C[C@@H]4CC[C@H]3CN4)nc2n1-c1ccncc1. The van der Waals surface area contributed by atoms with Crippen LogP contribution in [0.4, 0.5) is 10.2 Å². The van der Waals surface area contributed by atoms with Crippen LogP contribution in [0.15, 0.2) is 60.9 Å². The topological polar surface area (TPSA) is 58.9 Å². The Balaban J connectivity index is 1.56. The van der Waals surface area contributed by atoms with Crippen molar-refractivity contribution >= 4 is 17.0 Å². The summed E-state index contributed by atoms with van der Waals surface area (Å²) >= 11 is 0. The van der Waals surface area contributed by atoms with Crippen molar-refractivity contribution in [1.29, 1.82) is 0 Å². The molecule has 7 heteroatoms. The number of rotatable bonds is 3. The monoisotopic (exact) mass is 400 g/mol. The summed E-state index contributed by atoms with van der Waals surface area (Å²) in [4.78, 5) is 16.3.